The van der Waals surface area contributed by atoms with Gasteiger partial charge in [0.1, 0.15) is 12.4 Å². The third-order valence-electron chi connectivity index (χ3n) is 3.11. The zero-order valence-corrected chi connectivity index (χ0v) is 14.1. The Labute approximate surface area is 139 Å². The highest BCUT2D eigenvalue weighted by Crippen LogP contribution is 2.17. The first-order chi connectivity index (χ1) is 10.3. The van der Waals surface area contributed by atoms with Crippen molar-refractivity contribution in [3.8, 4) is 5.75 Å². The molecule has 21 heavy (non-hydrogen) atoms. The zero-order chi connectivity index (χ0) is 14.9. The summed E-state index contributed by atoms with van der Waals surface area (Å²) >= 11 is 9.45. The smallest absolute Gasteiger partial charge is 0.120 e. The van der Waals surface area contributed by atoms with Crippen molar-refractivity contribution in [3.05, 3.63) is 64.6 Å². The van der Waals surface area contributed by atoms with Gasteiger partial charge in [-0.15, -0.1) is 11.6 Å². The number of ether oxygens (including phenoxy) is 1. The second-order valence-corrected chi connectivity index (χ2v) is 6.03. The molecule has 0 radical (unpaired) electrons. The number of hydrogen-bond donors (Lipinski definition) is 1. The molecule has 1 N–H and O–H groups in total. The van der Waals surface area contributed by atoms with Gasteiger partial charge in [-0.3, -0.25) is 0 Å². The molecule has 0 saturated carbocycles. The van der Waals surface area contributed by atoms with Crippen LogP contribution in [-0.2, 0) is 6.42 Å². The standard InChI is InChI=1S/C17H19BrClNO/c18-15-7-4-8-17(12-15)21-10-9-20-16(13-19)11-14-5-2-1-3-6-14/h1-8,12,16,20H,9-11,13H2. The first-order valence-corrected chi connectivity index (χ1v) is 8.32. The Morgan fingerprint density at radius 3 is 2.62 bits per heavy atom. The predicted octanol–water partition coefficient (Wildman–Crippen LogP) is 4.27. The third kappa shape index (κ3) is 6.08. The second-order valence-electron chi connectivity index (χ2n) is 4.80. The fraction of sp³-hybridized carbons (Fsp3) is 0.294. The van der Waals surface area contributed by atoms with Gasteiger partial charge in [-0.25, -0.2) is 0 Å². The molecular formula is C17H19BrClNO. The second kappa shape index (κ2) is 9.08. The molecule has 0 aliphatic rings. The van der Waals surface area contributed by atoms with Crippen molar-refractivity contribution in [1.29, 1.82) is 0 Å². The fourth-order valence-corrected chi connectivity index (χ4v) is 2.67. The van der Waals surface area contributed by atoms with Crippen molar-refractivity contribution in [1.82, 2.24) is 5.32 Å². The van der Waals surface area contributed by atoms with Crippen LogP contribution in [0.15, 0.2) is 59.1 Å². The van der Waals surface area contributed by atoms with Crippen molar-refractivity contribution >= 4 is 27.5 Å². The predicted molar refractivity (Wildman–Crippen MR) is 92.3 cm³/mol. The van der Waals surface area contributed by atoms with Gasteiger partial charge in [-0.05, 0) is 30.2 Å². The molecule has 0 spiro atoms. The summed E-state index contributed by atoms with van der Waals surface area (Å²) in [5.41, 5.74) is 1.29. The van der Waals surface area contributed by atoms with Crippen LogP contribution < -0.4 is 10.1 Å². The van der Waals surface area contributed by atoms with Gasteiger partial charge in [-0.2, -0.15) is 0 Å². The maximum Gasteiger partial charge on any atom is 0.120 e. The average molecular weight is 369 g/mol. The van der Waals surface area contributed by atoms with Gasteiger partial charge in [0.15, 0.2) is 0 Å². The molecule has 4 heteroatoms. The molecule has 112 valence electrons. The van der Waals surface area contributed by atoms with E-state index < -0.39 is 0 Å². The number of alkyl halides is 1. The molecule has 0 aromatic heterocycles. The van der Waals surface area contributed by atoms with Gasteiger partial charge >= 0.3 is 0 Å². The van der Waals surface area contributed by atoms with Crippen LogP contribution in [0.3, 0.4) is 0 Å². The monoisotopic (exact) mass is 367 g/mol. The normalized spacial score (nSPS) is 12.1. The summed E-state index contributed by atoms with van der Waals surface area (Å²) in [5.74, 6) is 1.46. The van der Waals surface area contributed by atoms with E-state index in [2.05, 4.69) is 45.5 Å². The van der Waals surface area contributed by atoms with E-state index in [0.29, 0.717) is 12.5 Å². The van der Waals surface area contributed by atoms with E-state index in [0.717, 1.165) is 23.2 Å². The summed E-state index contributed by atoms with van der Waals surface area (Å²) in [5, 5.41) is 3.43. The van der Waals surface area contributed by atoms with E-state index in [9.17, 15) is 0 Å². The van der Waals surface area contributed by atoms with E-state index in [1.165, 1.54) is 5.56 Å². The zero-order valence-electron chi connectivity index (χ0n) is 11.8. The van der Waals surface area contributed by atoms with E-state index in [1.807, 2.05) is 30.3 Å². The molecule has 0 bridgehead atoms. The summed E-state index contributed by atoms with van der Waals surface area (Å²) in [6.45, 7) is 1.40. The van der Waals surface area contributed by atoms with Gasteiger partial charge in [0.2, 0.25) is 0 Å². The van der Waals surface area contributed by atoms with Gasteiger partial charge in [0, 0.05) is 22.9 Å². The maximum atomic E-state index is 6.02. The van der Waals surface area contributed by atoms with E-state index in [4.69, 9.17) is 16.3 Å². The molecule has 0 amide bonds. The lowest BCUT2D eigenvalue weighted by Crippen LogP contribution is -2.35. The highest BCUT2D eigenvalue weighted by atomic mass is 79.9. The van der Waals surface area contributed by atoms with Crippen molar-refractivity contribution < 1.29 is 4.74 Å². The molecule has 0 fully saturated rings. The lowest BCUT2D eigenvalue weighted by molar-refractivity contribution is 0.307. The molecule has 2 aromatic rings. The van der Waals surface area contributed by atoms with Crippen LogP contribution in [0.25, 0.3) is 0 Å². The Morgan fingerprint density at radius 2 is 1.90 bits per heavy atom. The summed E-state index contributed by atoms with van der Waals surface area (Å²) < 4.78 is 6.72. The number of benzene rings is 2. The first-order valence-electron chi connectivity index (χ1n) is 6.99. The molecular weight excluding hydrogens is 350 g/mol. The van der Waals surface area contributed by atoms with Crippen molar-refractivity contribution in [3.63, 3.8) is 0 Å². The van der Waals surface area contributed by atoms with Gasteiger partial charge < -0.3 is 10.1 Å². The van der Waals surface area contributed by atoms with Crippen molar-refractivity contribution in [2.45, 2.75) is 12.5 Å². The Kier molecular flexibility index (Phi) is 7.07. The van der Waals surface area contributed by atoms with E-state index >= 15 is 0 Å². The van der Waals surface area contributed by atoms with Crippen LogP contribution in [0.1, 0.15) is 5.56 Å². The Hall–Kier alpha value is -1.03. The molecule has 0 aliphatic heterocycles. The fourth-order valence-electron chi connectivity index (χ4n) is 2.07. The van der Waals surface area contributed by atoms with Gasteiger partial charge in [-0.1, -0.05) is 52.3 Å². The third-order valence-corrected chi connectivity index (χ3v) is 3.98. The van der Waals surface area contributed by atoms with Gasteiger partial charge in [0.05, 0.1) is 0 Å². The quantitative estimate of drug-likeness (QED) is 0.555. The Bertz CT molecular complexity index is 535. The van der Waals surface area contributed by atoms with Crippen molar-refractivity contribution in [2.75, 3.05) is 19.0 Å². The minimum atomic E-state index is 0.264. The van der Waals surface area contributed by atoms with E-state index in [1.54, 1.807) is 0 Å². The molecule has 0 heterocycles. The molecule has 2 nitrogen and oxygen atoms in total. The SMILES string of the molecule is ClCC(Cc1ccccc1)NCCOc1cccc(Br)c1. The van der Waals surface area contributed by atoms with Crippen LogP contribution in [-0.4, -0.2) is 25.1 Å². The Morgan fingerprint density at radius 1 is 1.10 bits per heavy atom. The number of hydrogen-bond acceptors (Lipinski definition) is 2. The molecule has 1 unspecified atom stereocenters. The molecule has 2 rings (SSSR count). The molecule has 2 aromatic carbocycles. The molecule has 0 aliphatic carbocycles. The van der Waals surface area contributed by atoms with Crippen molar-refractivity contribution in [2.24, 2.45) is 0 Å². The minimum Gasteiger partial charge on any atom is -0.492 e. The largest absolute Gasteiger partial charge is 0.492 e. The van der Waals surface area contributed by atoms with Gasteiger partial charge in [0.25, 0.3) is 0 Å². The number of halogens is 2. The lowest BCUT2D eigenvalue weighted by atomic mass is 10.1. The summed E-state index contributed by atoms with van der Waals surface area (Å²) in [6.07, 6.45) is 0.932. The first kappa shape index (κ1) is 16.3. The summed E-state index contributed by atoms with van der Waals surface area (Å²) in [6, 6.07) is 18.5. The number of rotatable bonds is 8. The highest BCUT2D eigenvalue weighted by Gasteiger charge is 2.07. The van der Waals surface area contributed by atoms with Crippen LogP contribution >= 0.6 is 27.5 Å². The van der Waals surface area contributed by atoms with E-state index in [-0.39, 0.29) is 6.04 Å². The topological polar surface area (TPSA) is 21.3 Å². The Balaban J connectivity index is 1.71. The summed E-state index contributed by atoms with van der Waals surface area (Å²) in [7, 11) is 0. The average Bonchev–Trinajstić information content (AvgIpc) is 2.51. The van der Waals surface area contributed by atoms with Crippen LogP contribution in [0, 0.1) is 0 Å². The van der Waals surface area contributed by atoms with Crippen LogP contribution in [0.5, 0.6) is 5.75 Å². The van der Waals surface area contributed by atoms with Crippen LogP contribution in [0.2, 0.25) is 0 Å². The highest BCUT2D eigenvalue weighted by molar-refractivity contribution is 9.10. The summed E-state index contributed by atoms with van der Waals surface area (Å²) in [4.78, 5) is 0. The lowest BCUT2D eigenvalue weighted by Gasteiger charge is -2.16. The maximum absolute atomic E-state index is 6.02. The molecule has 1 atom stereocenters. The minimum absolute atomic E-state index is 0.264. The number of nitrogens with one attached hydrogen (secondary N) is 1. The molecule has 0 saturated heterocycles. The van der Waals surface area contributed by atoms with Crippen LogP contribution in [0.4, 0.5) is 0 Å².